The highest BCUT2D eigenvalue weighted by Crippen LogP contribution is 2.19. The van der Waals surface area contributed by atoms with E-state index >= 15 is 0 Å². The molecule has 1 atom stereocenters. The summed E-state index contributed by atoms with van der Waals surface area (Å²) in [6, 6.07) is 6.09. The second kappa shape index (κ2) is 12.0. The average molecular weight is 441 g/mol. The van der Waals surface area contributed by atoms with Crippen molar-refractivity contribution >= 4 is 51.6 Å². The monoisotopic (exact) mass is 440 g/mol. The first-order valence-electron chi connectivity index (χ1n) is 9.22. The number of nitrogens with one attached hydrogen (secondary N) is 2. The number of hydrogen-bond donors (Lipinski definition) is 2. The molecule has 1 aromatic carbocycles. The zero-order chi connectivity index (χ0) is 20.4. The van der Waals surface area contributed by atoms with Crippen LogP contribution < -0.4 is 10.6 Å². The lowest BCUT2D eigenvalue weighted by Gasteiger charge is -2.17. The van der Waals surface area contributed by atoms with Gasteiger partial charge in [-0.15, -0.1) is 10.2 Å². The zero-order valence-electron chi connectivity index (χ0n) is 16.0. The lowest BCUT2D eigenvalue weighted by molar-refractivity contribution is -0.118. The molecule has 152 valence electrons. The summed E-state index contributed by atoms with van der Waals surface area (Å²) in [7, 11) is 0. The van der Waals surface area contributed by atoms with Crippen LogP contribution in [0.15, 0.2) is 24.3 Å². The fourth-order valence-corrected chi connectivity index (χ4v) is 3.99. The standard InChI is InChI=1S/C19H25ClN4O2S2/c1-3-4-5-10-16-23-24-19(28-16)22-18(26)15(11-12-27-2)21-17(25)13-8-6-7-9-14(13)20/h6-9,15H,3-5,10-12H2,1-2H3,(H,21,25)(H,22,24,26). The largest absolute Gasteiger partial charge is 0.340 e. The molecular formula is C19H25ClN4O2S2. The molecule has 0 radical (unpaired) electrons. The van der Waals surface area contributed by atoms with Gasteiger partial charge in [0, 0.05) is 6.42 Å². The number of amides is 2. The number of nitrogens with zero attached hydrogens (tertiary/aromatic N) is 2. The van der Waals surface area contributed by atoms with Crippen molar-refractivity contribution in [2.24, 2.45) is 0 Å². The Morgan fingerprint density at radius 2 is 2.04 bits per heavy atom. The Morgan fingerprint density at radius 3 is 2.75 bits per heavy atom. The Morgan fingerprint density at radius 1 is 1.25 bits per heavy atom. The molecular weight excluding hydrogens is 416 g/mol. The van der Waals surface area contributed by atoms with Gasteiger partial charge >= 0.3 is 0 Å². The van der Waals surface area contributed by atoms with E-state index in [4.69, 9.17) is 11.6 Å². The van der Waals surface area contributed by atoms with Crippen LogP contribution in [0.1, 0.15) is 48.0 Å². The average Bonchev–Trinajstić information content (AvgIpc) is 3.12. The predicted octanol–water partition coefficient (Wildman–Crippen LogP) is 4.41. The van der Waals surface area contributed by atoms with Gasteiger partial charge in [0.25, 0.3) is 5.91 Å². The summed E-state index contributed by atoms with van der Waals surface area (Å²) in [5.41, 5.74) is 0.347. The third-order valence-corrected chi connectivity index (χ3v) is 5.91. The third kappa shape index (κ3) is 7.07. The van der Waals surface area contributed by atoms with E-state index in [-0.39, 0.29) is 11.8 Å². The Balaban J connectivity index is 2.00. The fourth-order valence-electron chi connectivity index (χ4n) is 2.51. The Hall–Kier alpha value is -1.64. The number of aryl methyl sites for hydroxylation is 1. The summed E-state index contributed by atoms with van der Waals surface area (Å²) in [6.07, 6.45) is 6.67. The van der Waals surface area contributed by atoms with E-state index in [1.807, 2.05) is 6.26 Å². The van der Waals surface area contributed by atoms with Crippen LogP contribution in [0.25, 0.3) is 0 Å². The minimum atomic E-state index is -0.677. The van der Waals surface area contributed by atoms with Crippen molar-refractivity contribution in [3.05, 3.63) is 39.9 Å². The van der Waals surface area contributed by atoms with Crippen LogP contribution in [-0.4, -0.2) is 40.1 Å². The molecule has 0 aliphatic carbocycles. The van der Waals surface area contributed by atoms with Gasteiger partial charge in [0.1, 0.15) is 11.0 Å². The van der Waals surface area contributed by atoms with E-state index in [1.165, 1.54) is 11.3 Å². The number of hydrogen-bond acceptors (Lipinski definition) is 6. The van der Waals surface area contributed by atoms with Crippen LogP contribution in [0.5, 0.6) is 0 Å². The predicted molar refractivity (Wildman–Crippen MR) is 117 cm³/mol. The van der Waals surface area contributed by atoms with E-state index < -0.39 is 6.04 Å². The summed E-state index contributed by atoms with van der Waals surface area (Å²) >= 11 is 9.08. The first kappa shape index (κ1) is 22.6. The van der Waals surface area contributed by atoms with Crippen LogP contribution in [0, 0.1) is 0 Å². The van der Waals surface area contributed by atoms with Gasteiger partial charge in [-0.05, 0) is 37.0 Å². The normalized spacial score (nSPS) is 11.8. The van der Waals surface area contributed by atoms with Crippen LogP contribution in [0.2, 0.25) is 5.02 Å². The number of rotatable bonds is 11. The molecule has 2 rings (SSSR count). The molecule has 0 aliphatic rings. The van der Waals surface area contributed by atoms with Crippen LogP contribution in [0.4, 0.5) is 5.13 Å². The van der Waals surface area contributed by atoms with Gasteiger partial charge in [0.2, 0.25) is 11.0 Å². The molecule has 9 heteroatoms. The third-order valence-electron chi connectivity index (χ3n) is 4.04. The SMILES string of the molecule is CCCCCc1nnc(NC(=O)C(CCSC)NC(=O)c2ccccc2Cl)s1. The van der Waals surface area contributed by atoms with Crippen molar-refractivity contribution in [1.29, 1.82) is 0 Å². The first-order valence-corrected chi connectivity index (χ1v) is 11.8. The van der Waals surface area contributed by atoms with Gasteiger partial charge in [-0.25, -0.2) is 0 Å². The lowest BCUT2D eigenvalue weighted by atomic mass is 10.1. The second-order valence-corrected chi connectivity index (χ2v) is 8.69. The van der Waals surface area contributed by atoms with E-state index in [0.29, 0.717) is 22.1 Å². The summed E-state index contributed by atoms with van der Waals surface area (Å²) in [5, 5.41) is 15.5. The fraction of sp³-hybridized carbons (Fsp3) is 0.474. The van der Waals surface area contributed by atoms with Gasteiger partial charge in [0.15, 0.2) is 0 Å². The molecule has 0 bridgehead atoms. The summed E-state index contributed by atoms with van der Waals surface area (Å²) in [5.74, 6) is 0.0642. The van der Waals surface area contributed by atoms with Crippen molar-refractivity contribution in [2.45, 2.75) is 45.1 Å². The highest BCUT2D eigenvalue weighted by atomic mass is 35.5. The number of halogens is 1. The van der Waals surface area contributed by atoms with E-state index in [2.05, 4.69) is 27.8 Å². The van der Waals surface area contributed by atoms with Crippen molar-refractivity contribution in [2.75, 3.05) is 17.3 Å². The van der Waals surface area contributed by atoms with Gasteiger partial charge in [-0.3, -0.25) is 14.9 Å². The topological polar surface area (TPSA) is 84.0 Å². The number of anilines is 1. The molecule has 1 aromatic heterocycles. The molecule has 0 saturated carbocycles. The quantitative estimate of drug-likeness (QED) is 0.505. The molecule has 2 N–H and O–H groups in total. The van der Waals surface area contributed by atoms with Crippen LogP contribution in [-0.2, 0) is 11.2 Å². The maximum absolute atomic E-state index is 12.7. The van der Waals surface area contributed by atoms with Gasteiger partial charge < -0.3 is 5.32 Å². The molecule has 2 amide bonds. The smallest absolute Gasteiger partial charge is 0.253 e. The van der Waals surface area contributed by atoms with Crippen molar-refractivity contribution in [3.8, 4) is 0 Å². The number of carbonyl (C=O) groups is 2. The van der Waals surface area contributed by atoms with Crippen molar-refractivity contribution in [3.63, 3.8) is 0 Å². The molecule has 0 saturated heterocycles. The second-order valence-electron chi connectivity index (χ2n) is 6.23. The summed E-state index contributed by atoms with van der Waals surface area (Å²) in [4.78, 5) is 25.2. The molecule has 0 spiro atoms. The Labute approximate surface area is 178 Å². The maximum Gasteiger partial charge on any atom is 0.253 e. The number of thioether (sulfide) groups is 1. The number of benzene rings is 1. The van der Waals surface area contributed by atoms with Crippen LogP contribution >= 0.6 is 34.7 Å². The molecule has 6 nitrogen and oxygen atoms in total. The highest BCUT2D eigenvalue weighted by molar-refractivity contribution is 7.98. The van der Waals surface area contributed by atoms with Crippen molar-refractivity contribution < 1.29 is 9.59 Å². The summed E-state index contributed by atoms with van der Waals surface area (Å²) < 4.78 is 0. The van der Waals surface area contributed by atoms with Gasteiger partial charge in [-0.1, -0.05) is 54.8 Å². The molecule has 0 fully saturated rings. The zero-order valence-corrected chi connectivity index (χ0v) is 18.4. The Bertz CT molecular complexity index is 785. The van der Waals surface area contributed by atoms with E-state index in [1.54, 1.807) is 36.0 Å². The highest BCUT2D eigenvalue weighted by Gasteiger charge is 2.23. The molecule has 0 aliphatic heterocycles. The maximum atomic E-state index is 12.7. The molecule has 28 heavy (non-hydrogen) atoms. The molecule has 1 unspecified atom stereocenters. The lowest BCUT2D eigenvalue weighted by Crippen LogP contribution is -2.44. The van der Waals surface area contributed by atoms with Crippen molar-refractivity contribution in [1.82, 2.24) is 15.5 Å². The van der Waals surface area contributed by atoms with E-state index in [0.717, 1.165) is 36.4 Å². The van der Waals surface area contributed by atoms with E-state index in [9.17, 15) is 9.59 Å². The first-order chi connectivity index (χ1) is 13.5. The van der Waals surface area contributed by atoms with Gasteiger partial charge in [-0.2, -0.15) is 11.8 Å². The number of carbonyl (C=O) groups excluding carboxylic acids is 2. The number of aromatic nitrogens is 2. The molecule has 1 heterocycles. The summed E-state index contributed by atoms with van der Waals surface area (Å²) in [6.45, 7) is 2.15. The minimum Gasteiger partial charge on any atom is -0.340 e. The number of unbranched alkanes of at least 4 members (excludes halogenated alkanes) is 2. The molecule has 2 aromatic rings. The Kier molecular flexibility index (Phi) is 9.73. The van der Waals surface area contributed by atoms with Gasteiger partial charge in [0.05, 0.1) is 10.6 Å². The van der Waals surface area contributed by atoms with Crippen LogP contribution in [0.3, 0.4) is 0 Å². The minimum absolute atomic E-state index is 0.300.